The van der Waals surface area contributed by atoms with E-state index >= 15 is 0 Å². The predicted octanol–water partition coefficient (Wildman–Crippen LogP) is 3.33. The normalized spacial score (nSPS) is 18.4. The molecule has 1 unspecified atom stereocenters. The third kappa shape index (κ3) is 4.36. The summed E-state index contributed by atoms with van der Waals surface area (Å²) in [5.41, 5.74) is 2.73. The summed E-state index contributed by atoms with van der Waals surface area (Å²) in [4.78, 5) is 11.1. The van der Waals surface area contributed by atoms with E-state index < -0.39 is 21.8 Å². The van der Waals surface area contributed by atoms with Gasteiger partial charge in [0.25, 0.3) is 0 Å². The highest BCUT2D eigenvalue weighted by molar-refractivity contribution is 7.89. The number of aliphatic carboxylic acids is 1. The zero-order chi connectivity index (χ0) is 19.6. The van der Waals surface area contributed by atoms with Gasteiger partial charge in [-0.2, -0.15) is 4.31 Å². The van der Waals surface area contributed by atoms with Gasteiger partial charge in [0.2, 0.25) is 10.0 Å². The van der Waals surface area contributed by atoms with Crippen LogP contribution in [-0.4, -0.2) is 36.9 Å². The summed E-state index contributed by atoms with van der Waals surface area (Å²) in [7, 11) is -3.69. The van der Waals surface area contributed by atoms with Crippen molar-refractivity contribution in [3.05, 3.63) is 65.0 Å². The molecule has 3 rings (SSSR count). The lowest BCUT2D eigenvalue weighted by molar-refractivity contribution is -0.136. The van der Waals surface area contributed by atoms with E-state index in [4.69, 9.17) is 5.11 Å². The van der Waals surface area contributed by atoms with Crippen molar-refractivity contribution in [3.8, 4) is 0 Å². The molecule has 1 N–H and O–H groups in total. The van der Waals surface area contributed by atoms with E-state index in [2.05, 4.69) is 0 Å². The Bertz CT molecular complexity index is 941. The number of carbonyl (C=O) groups is 1. The van der Waals surface area contributed by atoms with Crippen LogP contribution in [0.2, 0.25) is 0 Å². The number of rotatable bonds is 5. The van der Waals surface area contributed by atoms with E-state index in [1.165, 1.54) is 16.4 Å². The number of nitrogens with zero attached hydrogens (tertiary/aromatic N) is 1. The number of piperidine rings is 1. The Morgan fingerprint density at radius 2 is 1.93 bits per heavy atom. The van der Waals surface area contributed by atoms with Gasteiger partial charge >= 0.3 is 5.97 Å². The largest absolute Gasteiger partial charge is 0.481 e. The lowest BCUT2D eigenvalue weighted by atomic mass is 9.87. The van der Waals surface area contributed by atoms with Crippen LogP contribution in [0, 0.1) is 12.7 Å². The molecule has 1 fully saturated rings. The second kappa shape index (κ2) is 7.78. The molecule has 1 aliphatic heterocycles. The van der Waals surface area contributed by atoms with Crippen molar-refractivity contribution in [1.29, 1.82) is 0 Å². The molecule has 1 atom stereocenters. The van der Waals surface area contributed by atoms with E-state index in [0.29, 0.717) is 25.1 Å². The third-order valence-corrected chi connectivity index (χ3v) is 6.85. The SMILES string of the molecule is Cc1ccc(CC(=O)O)cc1C1CCCN(S(=O)(=O)c2ccc(F)cc2)C1. The minimum atomic E-state index is -3.69. The van der Waals surface area contributed by atoms with Crippen LogP contribution in [-0.2, 0) is 21.2 Å². The summed E-state index contributed by atoms with van der Waals surface area (Å²) in [5, 5.41) is 9.02. The minimum Gasteiger partial charge on any atom is -0.481 e. The molecular weight excluding hydrogens is 369 g/mol. The van der Waals surface area contributed by atoms with Crippen LogP contribution >= 0.6 is 0 Å². The van der Waals surface area contributed by atoms with E-state index in [1.807, 2.05) is 19.1 Å². The predicted molar refractivity (Wildman–Crippen MR) is 99.7 cm³/mol. The number of hydrogen-bond donors (Lipinski definition) is 1. The van der Waals surface area contributed by atoms with Gasteiger partial charge in [0.1, 0.15) is 5.82 Å². The van der Waals surface area contributed by atoms with Crippen molar-refractivity contribution in [2.24, 2.45) is 0 Å². The third-order valence-electron chi connectivity index (χ3n) is 4.97. The van der Waals surface area contributed by atoms with Crippen LogP contribution in [0.25, 0.3) is 0 Å². The first kappa shape index (κ1) is 19.5. The van der Waals surface area contributed by atoms with Gasteiger partial charge in [0.15, 0.2) is 0 Å². The lowest BCUT2D eigenvalue weighted by Crippen LogP contribution is -2.39. The van der Waals surface area contributed by atoms with Crippen molar-refractivity contribution >= 4 is 16.0 Å². The lowest BCUT2D eigenvalue weighted by Gasteiger charge is -2.33. The zero-order valence-corrected chi connectivity index (χ0v) is 15.9. The van der Waals surface area contributed by atoms with Crippen LogP contribution in [0.5, 0.6) is 0 Å². The average Bonchev–Trinajstić information content (AvgIpc) is 2.63. The monoisotopic (exact) mass is 391 g/mol. The Balaban J connectivity index is 1.86. The number of aryl methyl sites for hydroxylation is 1. The molecule has 1 aliphatic rings. The Labute approximate surface area is 158 Å². The van der Waals surface area contributed by atoms with Gasteiger partial charge in [0.05, 0.1) is 11.3 Å². The van der Waals surface area contributed by atoms with Gasteiger partial charge < -0.3 is 5.11 Å². The van der Waals surface area contributed by atoms with Crippen LogP contribution in [0.15, 0.2) is 47.4 Å². The summed E-state index contributed by atoms with van der Waals surface area (Å²) in [6, 6.07) is 10.4. The molecule has 144 valence electrons. The minimum absolute atomic E-state index is 0.00252. The fourth-order valence-corrected chi connectivity index (χ4v) is 5.11. The van der Waals surface area contributed by atoms with Crippen LogP contribution in [0.4, 0.5) is 4.39 Å². The second-order valence-corrected chi connectivity index (χ2v) is 8.86. The number of carboxylic acid groups (broad SMARTS) is 1. The number of sulfonamides is 1. The molecule has 0 amide bonds. The van der Waals surface area contributed by atoms with Gasteiger partial charge in [0, 0.05) is 13.1 Å². The molecule has 0 aromatic heterocycles. The highest BCUT2D eigenvalue weighted by Gasteiger charge is 2.31. The Morgan fingerprint density at radius 3 is 2.59 bits per heavy atom. The number of hydrogen-bond acceptors (Lipinski definition) is 3. The smallest absolute Gasteiger partial charge is 0.307 e. The summed E-state index contributed by atoms with van der Waals surface area (Å²) in [5.74, 6) is -1.37. The maximum atomic E-state index is 13.1. The van der Waals surface area contributed by atoms with Gasteiger partial charge in [-0.05, 0) is 66.6 Å². The average molecular weight is 391 g/mol. The fraction of sp³-hybridized carbons (Fsp3) is 0.350. The molecule has 1 heterocycles. The summed E-state index contributed by atoms with van der Waals surface area (Å²) >= 11 is 0. The molecular formula is C20H22FNO4S. The van der Waals surface area contributed by atoms with E-state index in [9.17, 15) is 17.6 Å². The van der Waals surface area contributed by atoms with Crippen molar-refractivity contribution in [1.82, 2.24) is 4.31 Å². The highest BCUT2D eigenvalue weighted by atomic mass is 32.2. The molecule has 1 saturated heterocycles. The zero-order valence-electron chi connectivity index (χ0n) is 15.1. The Hall–Kier alpha value is -2.25. The fourth-order valence-electron chi connectivity index (χ4n) is 3.58. The molecule has 2 aromatic carbocycles. The topological polar surface area (TPSA) is 74.7 Å². The van der Waals surface area contributed by atoms with Gasteiger partial charge in [-0.25, -0.2) is 12.8 Å². The van der Waals surface area contributed by atoms with E-state index in [-0.39, 0.29) is 17.2 Å². The number of carboxylic acids is 1. The molecule has 7 heteroatoms. The molecule has 5 nitrogen and oxygen atoms in total. The molecule has 0 aliphatic carbocycles. The standard InChI is InChI=1S/C20H22FNO4S/c1-14-4-5-15(12-20(23)24)11-19(14)16-3-2-10-22(13-16)27(25,26)18-8-6-17(21)7-9-18/h4-9,11,16H,2-3,10,12-13H2,1H3,(H,23,24). The molecule has 0 spiro atoms. The quantitative estimate of drug-likeness (QED) is 0.848. The van der Waals surface area contributed by atoms with Crippen molar-refractivity contribution < 1.29 is 22.7 Å². The summed E-state index contributed by atoms with van der Waals surface area (Å²) < 4.78 is 40.4. The first-order chi connectivity index (χ1) is 12.8. The van der Waals surface area contributed by atoms with Crippen LogP contribution in [0.1, 0.15) is 35.4 Å². The van der Waals surface area contributed by atoms with Crippen molar-refractivity contribution in [2.75, 3.05) is 13.1 Å². The van der Waals surface area contributed by atoms with Crippen LogP contribution in [0.3, 0.4) is 0 Å². The van der Waals surface area contributed by atoms with Crippen LogP contribution < -0.4 is 0 Å². The Kier molecular flexibility index (Phi) is 5.62. The van der Waals surface area contributed by atoms with E-state index in [1.54, 1.807) is 6.07 Å². The highest BCUT2D eigenvalue weighted by Crippen LogP contribution is 2.32. The molecule has 0 radical (unpaired) electrons. The summed E-state index contributed by atoms with van der Waals surface area (Å²) in [6.07, 6.45) is 1.50. The molecule has 0 bridgehead atoms. The Morgan fingerprint density at radius 1 is 1.22 bits per heavy atom. The maximum absolute atomic E-state index is 13.1. The first-order valence-corrected chi connectivity index (χ1v) is 10.3. The van der Waals surface area contributed by atoms with Gasteiger partial charge in [-0.1, -0.05) is 18.2 Å². The first-order valence-electron chi connectivity index (χ1n) is 8.84. The number of benzene rings is 2. The molecule has 27 heavy (non-hydrogen) atoms. The molecule has 0 saturated carbocycles. The van der Waals surface area contributed by atoms with Crippen molar-refractivity contribution in [3.63, 3.8) is 0 Å². The van der Waals surface area contributed by atoms with Gasteiger partial charge in [-0.3, -0.25) is 4.79 Å². The molecule has 2 aromatic rings. The summed E-state index contributed by atoms with van der Waals surface area (Å²) in [6.45, 7) is 2.70. The number of halogens is 1. The maximum Gasteiger partial charge on any atom is 0.307 e. The van der Waals surface area contributed by atoms with Gasteiger partial charge in [-0.15, -0.1) is 0 Å². The van der Waals surface area contributed by atoms with Crippen molar-refractivity contribution in [2.45, 2.75) is 37.0 Å². The van der Waals surface area contributed by atoms with E-state index in [0.717, 1.165) is 29.7 Å². The second-order valence-electron chi connectivity index (χ2n) is 6.92.